The van der Waals surface area contributed by atoms with Crippen molar-refractivity contribution in [2.45, 2.75) is 23.9 Å². The molecule has 2 N–H and O–H groups in total. The SMILES string of the molecule is COC(=O)CNC(=O)[C@@H]1NS(=O)(=O)N2CC(c3ccccc3)(c3ccccc3)C[C@@H]12. The summed E-state index contributed by atoms with van der Waals surface area (Å²) in [5.41, 5.74) is 1.41. The topological polar surface area (TPSA) is 105 Å². The quantitative estimate of drug-likeness (QED) is 0.676. The molecule has 2 aliphatic heterocycles. The second kappa shape index (κ2) is 7.82. The smallest absolute Gasteiger partial charge is 0.325 e. The molecular formula is C21H23N3O5S. The predicted octanol–water partition coefficient (Wildman–Crippen LogP) is 0.553. The second-order valence-corrected chi connectivity index (χ2v) is 9.18. The molecule has 9 heteroatoms. The van der Waals surface area contributed by atoms with Crippen molar-refractivity contribution in [2.75, 3.05) is 20.2 Å². The summed E-state index contributed by atoms with van der Waals surface area (Å²) in [7, 11) is -2.62. The summed E-state index contributed by atoms with van der Waals surface area (Å²) in [5.74, 6) is -1.15. The summed E-state index contributed by atoms with van der Waals surface area (Å²) < 4.78 is 34.0. The van der Waals surface area contributed by atoms with Crippen LogP contribution in [-0.2, 0) is 30.0 Å². The third-order valence-electron chi connectivity index (χ3n) is 5.89. The van der Waals surface area contributed by atoms with E-state index < -0.39 is 39.6 Å². The van der Waals surface area contributed by atoms with Crippen molar-refractivity contribution >= 4 is 22.1 Å². The van der Waals surface area contributed by atoms with E-state index in [0.717, 1.165) is 11.1 Å². The standard InChI is InChI=1S/C21H23N3O5S/c1-29-18(25)13-22-20(26)19-17-12-21(15-8-4-2-5-9-15,16-10-6-3-7-11-16)14-24(17)30(27,28)23-19/h2-11,17,19,23H,12-14H2,1H3,(H,22,26)/t17-,19+/m0/s1. The van der Waals surface area contributed by atoms with Gasteiger partial charge in [-0.2, -0.15) is 17.4 Å². The summed E-state index contributed by atoms with van der Waals surface area (Å²) in [4.78, 5) is 24.1. The highest BCUT2D eigenvalue weighted by Gasteiger charge is 2.58. The van der Waals surface area contributed by atoms with Crippen LogP contribution in [0.3, 0.4) is 0 Å². The van der Waals surface area contributed by atoms with Gasteiger partial charge in [0.15, 0.2) is 0 Å². The maximum absolute atomic E-state index is 12.8. The van der Waals surface area contributed by atoms with E-state index >= 15 is 0 Å². The molecule has 0 spiro atoms. The molecule has 158 valence electrons. The average Bonchev–Trinajstić information content (AvgIpc) is 3.29. The Morgan fingerprint density at radius 1 is 1.10 bits per heavy atom. The first-order valence-electron chi connectivity index (χ1n) is 9.62. The number of carbonyl (C=O) groups excluding carboxylic acids is 2. The van der Waals surface area contributed by atoms with E-state index in [2.05, 4.69) is 14.8 Å². The predicted molar refractivity (Wildman–Crippen MR) is 110 cm³/mol. The van der Waals surface area contributed by atoms with Crippen LogP contribution < -0.4 is 10.0 Å². The average molecular weight is 429 g/mol. The summed E-state index contributed by atoms with van der Waals surface area (Å²) in [6.07, 6.45) is 0.434. The lowest BCUT2D eigenvalue weighted by Crippen LogP contribution is -2.48. The van der Waals surface area contributed by atoms with Gasteiger partial charge in [-0.15, -0.1) is 0 Å². The van der Waals surface area contributed by atoms with Crippen LogP contribution in [0.5, 0.6) is 0 Å². The largest absolute Gasteiger partial charge is 0.468 e. The van der Waals surface area contributed by atoms with Crippen molar-refractivity contribution in [1.29, 1.82) is 0 Å². The van der Waals surface area contributed by atoms with Crippen molar-refractivity contribution in [3.05, 3.63) is 71.8 Å². The molecule has 30 heavy (non-hydrogen) atoms. The number of nitrogens with zero attached hydrogens (tertiary/aromatic N) is 1. The Labute approximate surface area is 175 Å². The molecule has 2 heterocycles. The normalized spacial score (nSPS) is 24.2. The molecule has 2 aromatic carbocycles. The van der Waals surface area contributed by atoms with Gasteiger partial charge in [0.05, 0.1) is 13.2 Å². The van der Waals surface area contributed by atoms with E-state index in [0.29, 0.717) is 6.42 Å². The van der Waals surface area contributed by atoms with Crippen LogP contribution in [-0.4, -0.2) is 56.9 Å². The van der Waals surface area contributed by atoms with Gasteiger partial charge in [0.1, 0.15) is 12.6 Å². The van der Waals surface area contributed by atoms with Gasteiger partial charge in [0.25, 0.3) is 10.2 Å². The number of fused-ring (bicyclic) bond motifs is 1. The minimum absolute atomic E-state index is 0.224. The van der Waals surface area contributed by atoms with Crippen molar-refractivity contribution < 1.29 is 22.7 Å². The first-order valence-corrected chi connectivity index (χ1v) is 11.1. The van der Waals surface area contributed by atoms with Gasteiger partial charge in [-0.25, -0.2) is 0 Å². The molecule has 0 aliphatic carbocycles. The Morgan fingerprint density at radius 3 is 2.20 bits per heavy atom. The fraction of sp³-hybridized carbons (Fsp3) is 0.333. The van der Waals surface area contributed by atoms with Crippen molar-refractivity contribution in [2.24, 2.45) is 0 Å². The highest BCUT2D eigenvalue weighted by molar-refractivity contribution is 7.87. The maximum Gasteiger partial charge on any atom is 0.325 e. The molecule has 2 atom stereocenters. The molecule has 0 aromatic heterocycles. The molecule has 2 saturated heterocycles. The molecule has 8 nitrogen and oxygen atoms in total. The number of ether oxygens (including phenoxy) is 1. The molecule has 1 amide bonds. The third kappa shape index (κ3) is 3.49. The zero-order valence-electron chi connectivity index (χ0n) is 16.4. The molecule has 0 radical (unpaired) electrons. The maximum atomic E-state index is 12.8. The van der Waals surface area contributed by atoms with Crippen LogP contribution in [0, 0.1) is 0 Å². The molecule has 2 fully saturated rings. The van der Waals surface area contributed by atoms with E-state index in [-0.39, 0.29) is 13.1 Å². The minimum atomic E-state index is -3.84. The van der Waals surface area contributed by atoms with Crippen LogP contribution in [0.15, 0.2) is 60.7 Å². The van der Waals surface area contributed by atoms with E-state index in [4.69, 9.17) is 0 Å². The Kier molecular flexibility index (Phi) is 5.35. The fourth-order valence-electron chi connectivity index (χ4n) is 4.43. The Bertz CT molecular complexity index is 1000. The summed E-state index contributed by atoms with van der Waals surface area (Å²) >= 11 is 0. The summed E-state index contributed by atoms with van der Waals surface area (Å²) in [6, 6.07) is 17.9. The van der Waals surface area contributed by atoms with E-state index in [1.165, 1.54) is 11.4 Å². The van der Waals surface area contributed by atoms with Crippen LogP contribution >= 0.6 is 0 Å². The van der Waals surface area contributed by atoms with Gasteiger partial charge in [0, 0.05) is 12.0 Å². The first kappa shape index (κ1) is 20.5. The molecule has 2 aliphatic rings. The van der Waals surface area contributed by atoms with Gasteiger partial charge in [-0.1, -0.05) is 60.7 Å². The number of hydrogen-bond donors (Lipinski definition) is 2. The van der Waals surface area contributed by atoms with Crippen molar-refractivity contribution in [1.82, 2.24) is 14.3 Å². The Balaban J connectivity index is 1.71. The van der Waals surface area contributed by atoms with Gasteiger partial charge >= 0.3 is 5.97 Å². The van der Waals surface area contributed by atoms with Crippen molar-refractivity contribution in [3.63, 3.8) is 0 Å². The fourth-order valence-corrected chi connectivity index (χ4v) is 6.09. The number of esters is 1. The molecule has 4 rings (SSSR count). The highest BCUT2D eigenvalue weighted by Crippen LogP contribution is 2.47. The number of hydrogen-bond acceptors (Lipinski definition) is 5. The van der Waals surface area contributed by atoms with Gasteiger partial charge < -0.3 is 10.1 Å². The number of amides is 1. The zero-order valence-corrected chi connectivity index (χ0v) is 17.3. The van der Waals surface area contributed by atoms with Crippen LogP contribution in [0.4, 0.5) is 0 Å². The minimum Gasteiger partial charge on any atom is -0.468 e. The molecular weight excluding hydrogens is 406 g/mol. The molecule has 2 aromatic rings. The highest BCUT2D eigenvalue weighted by atomic mass is 32.2. The van der Waals surface area contributed by atoms with Crippen LogP contribution in [0.1, 0.15) is 17.5 Å². The van der Waals surface area contributed by atoms with E-state index in [9.17, 15) is 18.0 Å². The number of carbonyl (C=O) groups is 2. The lowest BCUT2D eigenvalue weighted by Gasteiger charge is -2.31. The lowest BCUT2D eigenvalue weighted by atomic mass is 9.72. The van der Waals surface area contributed by atoms with Gasteiger partial charge in [0.2, 0.25) is 5.91 Å². The molecule has 0 saturated carbocycles. The number of rotatable bonds is 5. The number of benzene rings is 2. The van der Waals surface area contributed by atoms with Crippen LogP contribution in [0.2, 0.25) is 0 Å². The monoisotopic (exact) mass is 429 g/mol. The Morgan fingerprint density at radius 2 is 1.67 bits per heavy atom. The Hall–Kier alpha value is -2.75. The van der Waals surface area contributed by atoms with E-state index in [1.54, 1.807) is 0 Å². The second-order valence-electron chi connectivity index (χ2n) is 7.53. The number of methoxy groups -OCH3 is 1. The summed E-state index contributed by atoms with van der Waals surface area (Å²) in [6.45, 7) is -0.0927. The zero-order chi connectivity index (χ0) is 21.4. The van der Waals surface area contributed by atoms with Crippen LogP contribution in [0.25, 0.3) is 0 Å². The van der Waals surface area contributed by atoms with Gasteiger partial charge in [-0.3, -0.25) is 9.59 Å². The summed E-state index contributed by atoms with van der Waals surface area (Å²) in [5, 5.41) is 2.47. The molecule has 0 bridgehead atoms. The first-order chi connectivity index (χ1) is 14.4. The number of nitrogens with one attached hydrogen (secondary N) is 2. The van der Waals surface area contributed by atoms with Gasteiger partial charge in [-0.05, 0) is 17.5 Å². The molecule has 0 unspecified atom stereocenters. The van der Waals surface area contributed by atoms with E-state index in [1.807, 2.05) is 60.7 Å². The lowest BCUT2D eigenvalue weighted by molar-refractivity contribution is -0.141. The third-order valence-corrected chi connectivity index (χ3v) is 7.46. The van der Waals surface area contributed by atoms with Crippen molar-refractivity contribution in [3.8, 4) is 0 Å².